The van der Waals surface area contributed by atoms with Crippen LogP contribution in [0.4, 0.5) is 15.3 Å². The van der Waals surface area contributed by atoms with Gasteiger partial charge in [-0.05, 0) is 66.9 Å². The van der Waals surface area contributed by atoms with Crippen LogP contribution in [0.5, 0.6) is 0 Å². The van der Waals surface area contributed by atoms with Crippen molar-refractivity contribution in [2.75, 3.05) is 73.3 Å². The SMILES string of the molecule is CC[C@H](C)[C@@H]([C@@H](CC(=O)N1CCC[C@H]1[C@H](OC)[C@@H](C)C(=O)N[C@H](C)[C@@H](O)c1ccccc1)OC)N(C)C(=O)[C@H](CC(=O)[C@H](C(C)C)N(C)C(=O)OCc1ccc(NC(=O)OC2/C=C/COCOC2)c(C(=O)NCCN2C(=O)C=CC2=O)c1)C(C)C. The van der Waals surface area contributed by atoms with E-state index in [9.17, 15) is 48.3 Å². The monoisotopic (exact) mass is 1190 g/mol. The highest BCUT2D eigenvalue weighted by Crippen LogP contribution is 2.32. The van der Waals surface area contributed by atoms with Gasteiger partial charge in [0.05, 0.1) is 79.3 Å². The molecule has 23 nitrogen and oxygen atoms in total. The van der Waals surface area contributed by atoms with Crippen LogP contribution in [0.2, 0.25) is 0 Å². The van der Waals surface area contributed by atoms with Crippen molar-refractivity contribution in [3.8, 4) is 0 Å². The van der Waals surface area contributed by atoms with Gasteiger partial charge in [0, 0.05) is 72.4 Å². The average Bonchev–Trinajstić information content (AvgIpc) is 3.70. The van der Waals surface area contributed by atoms with Crippen LogP contribution in [0.25, 0.3) is 0 Å². The molecule has 1 unspecified atom stereocenters. The van der Waals surface area contributed by atoms with Gasteiger partial charge in [0.1, 0.15) is 19.5 Å². The molecule has 0 saturated carbocycles. The van der Waals surface area contributed by atoms with Crippen molar-refractivity contribution in [2.24, 2.45) is 29.6 Å². The minimum Gasteiger partial charge on any atom is -0.445 e. The van der Waals surface area contributed by atoms with Gasteiger partial charge in [-0.3, -0.25) is 43.8 Å². The van der Waals surface area contributed by atoms with Gasteiger partial charge >= 0.3 is 12.2 Å². The van der Waals surface area contributed by atoms with Crippen LogP contribution in [-0.2, 0) is 63.8 Å². The molecule has 1 fully saturated rings. The van der Waals surface area contributed by atoms with Crippen molar-refractivity contribution < 1.29 is 76.7 Å². The molecule has 0 spiro atoms. The number of nitrogens with zero attached hydrogens (tertiary/aromatic N) is 4. The fourth-order valence-electron chi connectivity index (χ4n) is 11.2. The summed E-state index contributed by atoms with van der Waals surface area (Å²) in [5.74, 6) is -5.44. The van der Waals surface area contributed by atoms with Crippen LogP contribution in [0.3, 0.4) is 0 Å². The number of imide groups is 1. The Morgan fingerprint density at radius 1 is 0.859 bits per heavy atom. The largest absolute Gasteiger partial charge is 0.445 e. The van der Waals surface area contributed by atoms with Gasteiger partial charge in [0.15, 0.2) is 5.78 Å². The number of aliphatic hydroxyl groups is 1. The van der Waals surface area contributed by atoms with E-state index in [0.717, 1.165) is 17.1 Å². The molecule has 3 aliphatic rings. The molecule has 0 aliphatic carbocycles. The first kappa shape index (κ1) is 68.7. The first-order valence-corrected chi connectivity index (χ1v) is 29.3. The summed E-state index contributed by atoms with van der Waals surface area (Å²) in [4.78, 5) is 128. The highest BCUT2D eigenvalue weighted by Gasteiger charge is 2.44. The number of ketones is 1. The van der Waals surface area contributed by atoms with E-state index < -0.39 is 96.2 Å². The van der Waals surface area contributed by atoms with Crippen molar-refractivity contribution in [2.45, 2.75) is 143 Å². The van der Waals surface area contributed by atoms with Crippen LogP contribution in [0.15, 0.2) is 72.8 Å². The Morgan fingerprint density at radius 3 is 2.19 bits per heavy atom. The molecule has 0 bridgehead atoms. The Hall–Kier alpha value is -7.05. The standard InChI is InChI=1S/C62H89N7O16/c1-13-39(6)55(50(80-11)33-53(73)68-28-17-22-48(68)57(81-12)40(7)58(75)64-41(8)56(74)43-19-15-14-16-20-43)66(9)60(77)45(37(2)3)32-49(70)54(38(4)5)67(10)62(79)84-34-42-23-24-47(65-61(78)85-44-21-18-30-82-36-83-35-44)46(31-42)59(76)63-27-29-69-51(71)25-26-52(69)72/h14-16,18-21,23-26,31,37-41,44-45,48,50,54-57,74H,13,17,22,27-30,32-36H2,1-12H3,(H,63,76)(H,64,75)(H,65,78)/b21-18+/t39-,40+,41+,44?,45+,48-,50+,54-,55-,56+,57+/m0/s1. The number of Topliss-reactive ketones (excluding diaryl/α,β-unsaturated/α-hetero) is 1. The number of methoxy groups -OCH3 is 2. The molecule has 0 radical (unpaired) electrons. The Bertz CT molecular complexity index is 2670. The normalized spacial score (nSPS) is 19.8. The first-order chi connectivity index (χ1) is 40.4. The van der Waals surface area contributed by atoms with E-state index in [1.165, 1.54) is 44.4 Å². The average molecular weight is 1190 g/mol. The second kappa shape index (κ2) is 33.0. The minimum absolute atomic E-state index is 0.00618. The van der Waals surface area contributed by atoms with Crippen LogP contribution >= 0.6 is 0 Å². The number of likely N-dealkylation sites (N-methyl/N-ethyl adjacent to an activating group) is 2. The van der Waals surface area contributed by atoms with E-state index in [2.05, 4.69) is 16.0 Å². The second-order valence-electron chi connectivity index (χ2n) is 22.8. The molecule has 5 rings (SSSR count). The molecule has 468 valence electrons. The molecule has 0 aromatic heterocycles. The van der Waals surface area contributed by atoms with Gasteiger partial charge in [0.2, 0.25) is 17.7 Å². The fourth-order valence-corrected chi connectivity index (χ4v) is 11.2. The summed E-state index contributed by atoms with van der Waals surface area (Å²) >= 11 is 0. The molecule has 8 amide bonds. The second-order valence-corrected chi connectivity index (χ2v) is 22.8. The molecular formula is C62H89N7O16. The summed E-state index contributed by atoms with van der Waals surface area (Å²) in [5.41, 5.74) is 0.964. The maximum absolute atomic E-state index is 14.9. The maximum atomic E-state index is 14.9. The first-order valence-electron chi connectivity index (χ1n) is 29.3. The Kier molecular flexibility index (Phi) is 26.7. The molecule has 3 heterocycles. The van der Waals surface area contributed by atoms with Gasteiger partial charge in [-0.15, -0.1) is 0 Å². The number of nitrogens with one attached hydrogen (secondary N) is 3. The minimum atomic E-state index is -1.03. The maximum Gasteiger partial charge on any atom is 0.412 e. The zero-order valence-electron chi connectivity index (χ0n) is 51.3. The van der Waals surface area contributed by atoms with Gasteiger partial charge in [-0.1, -0.05) is 97.4 Å². The van der Waals surface area contributed by atoms with E-state index >= 15 is 0 Å². The van der Waals surface area contributed by atoms with Gasteiger partial charge in [-0.25, -0.2) is 9.59 Å². The van der Waals surface area contributed by atoms with Crippen LogP contribution in [0.1, 0.15) is 115 Å². The lowest BCUT2D eigenvalue weighted by Gasteiger charge is -2.41. The lowest BCUT2D eigenvalue weighted by molar-refractivity contribution is -0.149. The molecule has 1 saturated heterocycles. The van der Waals surface area contributed by atoms with Crippen molar-refractivity contribution in [1.82, 2.24) is 30.2 Å². The molecule has 23 heteroatoms. The van der Waals surface area contributed by atoms with Crippen molar-refractivity contribution in [3.05, 3.63) is 89.5 Å². The van der Waals surface area contributed by atoms with Gasteiger partial charge < -0.3 is 58.9 Å². The number of ether oxygens (including phenoxy) is 6. The van der Waals surface area contributed by atoms with Crippen molar-refractivity contribution in [3.63, 3.8) is 0 Å². The van der Waals surface area contributed by atoms with E-state index in [4.69, 9.17) is 28.4 Å². The summed E-state index contributed by atoms with van der Waals surface area (Å²) in [6, 6.07) is 10.7. The number of rotatable bonds is 29. The Labute approximate surface area is 499 Å². The number of benzene rings is 2. The number of anilines is 1. The number of aliphatic hydroxyl groups excluding tert-OH is 1. The molecule has 11 atom stereocenters. The molecule has 3 aliphatic heterocycles. The van der Waals surface area contributed by atoms with Crippen LogP contribution in [0, 0.1) is 29.6 Å². The van der Waals surface area contributed by atoms with Crippen molar-refractivity contribution >= 4 is 59.1 Å². The van der Waals surface area contributed by atoms with Crippen molar-refractivity contribution in [1.29, 1.82) is 0 Å². The summed E-state index contributed by atoms with van der Waals surface area (Å²) in [7, 11) is 6.12. The third-order valence-electron chi connectivity index (χ3n) is 16.2. The number of hydrogen-bond donors (Lipinski definition) is 4. The molecular weight excluding hydrogens is 1100 g/mol. The van der Waals surface area contributed by atoms with E-state index in [-0.39, 0.29) is 99.1 Å². The lowest BCUT2D eigenvalue weighted by atomic mass is 9.83. The quantitative estimate of drug-likeness (QED) is 0.0553. The van der Waals surface area contributed by atoms with Crippen LogP contribution in [-0.4, -0.2) is 189 Å². The van der Waals surface area contributed by atoms with E-state index in [0.29, 0.717) is 36.9 Å². The highest BCUT2D eigenvalue weighted by atomic mass is 16.7. The predicted molar refractivity (Wildman–Crippen MR) is 314 cm³/mol. The van der Waals surface area contributed by atoms with E-state index in [1.54, 1.807) is 68.8 Å². The zero-order valence-corrected chi connectivity index (χ0v) is 51.3. The Morgan fingerprint density at radius 2 is 1.55 bits per heavy atom. The van der Waals surface area contributed by atoms with Gasteiger partial charge in [0.25, 0.3) is 17.7 Å². The smallest absolute Gasteiger partial charge is 0.412 e. The number of hydrogen-bond acceptors (Lipinski definition) is 16. The number of likely N-dealkylation sites (tertiary alicyclic amines) is 1. The summed E-state index contributed by atoms with van der Waals surface area (Å²) in [6.45, 7) is 14.8. The Balaban J connectivity index is 1.26. The summed E-state index contributed by atoms with van der Waals surface area (Å²) < 4.78 is 33.9. The third-order valence-corrected chi connectivity index (χ3v) is 16.2. The number of carbonyl (C=O) groups is 9. The summed E-state index contributed by atoms with van der Waals surface area (Å²) in [6.07, 6.45) is 2.25. The topological polar surface area (TPSA) is 278 Å². The number of amides is 8. The molecule has 2 aromatic rings. The lowest BCUT2D eigenvalue weighted by Crippen LogP contribution is -2.55. The molecule has 85 heavy (non-hydrogen) atoms. The zero-order chi connectivity index (χ0) is 62.7. The third kappa shape index (κ3) is 18.7. The van der Waals surface area contributed by atoms with Gasteiger partial charge in [-0.2, -0.15) is 0 Å². The molecule has 4 N–H and O–H groups in total. The predicted octanol–water partition coefficient (Wildman–Crippen LogP) is 5.80. The fraction of sp³-hybridized carbons (Fsp3) is 0.597. The number of carbonyl (C=O) groups excluding carboxylic acids is 9. The van der Waals surface area contributed by atoms with Crippen LogP contribution < -0.4 is 16.0 Å². The highest BCUT2D eigenvalue weighted by molar-refractivity contribution is 6.13. The molecule has 2 aromatic carbocycles. The van der Waals surface area contributed by atoms with E-state index in [1.807, 2.05) is 45.9 Å². The summed E-state index contributed by atoms with van der Waals surface area (Å²) in [5, 5.41) is 19.1.